The fourth-order valence-corrected chi connectivity index (χ4v) is 3.66. The minimum absolute atomic E-state index is 0.0155. The largest absolute Gasteiger partial charge is 0.494 e. The number of carbonyl (C=O) groups excluding carboxylic acids is 1. The molecular weight excluding hydrogens is 327 g/mol. The number of hydrogen-bond acceptors (Lipinski definition) is 5. The Kier molecular flexibility index (Phi) is 5.88. The zero-order chi connectivity index (χ0) is 17.8. The first-order valence-electron chi connectivity index (χ1n) is 8.69. The number of benzene rings is 1. The summed E-state index contributed by atoms with van der Waals surface area (Å²) in [4.78, 5) is 14.8. The van der Waals surface area contributed by atoms with Gasteiger partial charge in [-0.05, 0) is 31.0 Å². The van der Waals surface area contributed by atoms with E-state index in [1.54, 1.807) is 0 Å². The predicted octanol–water partition coefficient (Wildman–Crippen LogP) is 1.04. The standard InChI is InChI=1S/C18H25FN2O4/c1-24-17-3-2-12(8-15(17)19)18(23)20-16-10-21(9-13(16)11-22)14-4-6-25-7-5-14/h2-3,8,13-14,16,22H,4-7,9-11H2,1H3,(H,20,23)/t13-,16+/m0/s1. The fourth-order valence-electron chi connectivity index (χ4n) is 3.66. The first kappa shape index (κ1) is 18.1. The van der Waals surface area contributed by atoms with Crippen LogP contribution in [-0.4, -0.2) is 68.0 Å². The highest BCUT2D eigenvalue weighted by Gasteiger charge is 2.37. The van der Waals surface area contributed by atoms with Gasteiger partial charge < -0.3 is 19.9 Å². The molecule has 25 heavy (non-hydrogen) atoms. The quantitative estimate of drug-likeness (QED) is 0.828. The second-order valence-corrected chi connectivity index (χ2v) is 6.67. The van der Waals surface area contributed by atoms with Crippen molar-refractivity contribution >= 4 is 5.91 Å². The lowest BCUT2D eigenvalue weighted by molar-refractivity contribution is 0.0398. The molecule has 2 aliphatic heterocycles. The van der Waals surface area contributed by atoms with Crippen molar-refractivity contribution in [2.45, 2.75) is 24.9 Å². The van der Waals surface area contributed by atoms with Crippen molar-refractivity contribution in [3.63, 3.8) is 0 Å². The lowest BCUT2D eigenvalue weighted by Crippen LogP contribution is -2.43. The molecule has 1 aromatic rings. The van der Waals surface area contributed by atoms with Crippen molar-refractivity contribution in [1.29, 1.82) is 0 Å². The Morgan fingerprint density at radius 2 is 2.16 bits per heavy atom. The number of nitrogens with zero attached hydrogens (tertiary/aromatic N) is 1. The summed E-state index contributed by atoms with van der Waals surface area (Å²) in [5.74, 6) is -0.811. The normalized spacial score (nSPS) is 25.1. The van der Waals surface area contributed by atoms with E-state index in [1.807, 2.05) is 0 Å². The van der Waals surface area contributed by atoms with Crippen LogP contribution in [0, 0.1) is 11.7 Å². The second kappa shape index (κ2) is 8.12. The first-order chi connectivity index (χ1) is 12.1. The number of aliphatic hydroxyl groups is 1. The molecule has 138 valence electrons. The maximum Gasteiger partial charge on any atom is 0.251 e. The molecule has 2 saturated heterocycles. The Balaban J connectivity index is 1.64. The highest BCUT2D eigenvalue weighted by molar-refractivity contribution is 5.94. The molecule has 3 rings (SSSR count). The van der Waals surface area contributed by atoms with Crippen molar-refractivity contribution in [1.82, 2.24) is 10.2 Å². The van der Waals surface area contributed by atoms with Crippen LogP contribution < -0.4 is 10.1 Å². The van der Waals surface area contributed by atoms with Crippen LogP contribution in [0.5, 0.6) is 5.75 Å². The molecule has 0 saturated carbocycles. The maximum absolute atomic E-state index is 13.8. The zero-order valence-electron chi connectivity index (χ0n) is 14.4. The molecule has 2 N–H and O–H groups in total. The third-order valence-corrected chi connectivity index (χ3v) is 5.14. The number of nitrogens with one attached hydrogen (secondary N) is 1. The van der Waals surface area contributed by atoms with Crippen LogP contribution in [0.25, 0.3) is 0 Å². The van der Waals surface area contributed by atoms with Crippen LogP contribution in [0.15, 0.2) is 18.2 Å². The second-order valence-electron chi connectivity index (χ2n) is 6.67. The van der Waals surface area contributed by atoms with Crippen LogP contribution >= 0.6 is 0 Å². The molecule has 2 atom stereocenters. The van der Waals surface area contributed by atoms with E-state index in [2.05, 4.69) is 10.2 Å². The summed E-state index contributed by atoms with van der Waals surface area (Å²) >= 11 is 0. The van der Waals surface area contributed by atoms with Gasteiger partial charge in [-0.2, -0.15) is 0 Å². The van der Waals surface area contributed by atoms with Gasteiger partial charge in [-0.25, -0.2) is 4.39 Å². The minimum Gasteiger partial charge on any atom is -0.494 e. The Morgan fingerprint density at radius 1 is 1.40 bits per heavy atom. The van der Waals surface area contributed by atoms with E-state index in [0.29, 0.717) is 12.6 Å². The van der Waals surface area contributed by atoms with Crippen molar-refractivity contribution in [3.05, 3.63) is 29.6 Å². The lowest BCUT2D eigenvalue weighted by Gasteiger charge is -2.31. The highest BCUT2D eigenvalue weighted by Crippen LogP contribution is 2.24. The number of aliphatic hydroxyl groups excluding tert-OH is 1. The first-order valence-corrected chi connectivity index (χ1v) is 8.69. The number of hydrogen-bond donors (Lipinski definition) is 2. The van der Waals surface area contributed by atoms with Crippen molar-refractivity contribution in [3.8, 4) is 5.75 Å². The van der Waals surface area contributed by atoms with Gasteiger partial charge in [0, 0.05) is 56.5 Å². The number of methoxy groups -OCH3 is 1. The zero-order valence-corrected chi connectivity index (χ0v) is 14.4. The summed E-state index contributed by atoms with van der Waals surface area (Å²) in [6.45, 7) is 2.98. The molecule has 2 aliphatic rings. The molecule has 1 aromatic carbocycles. The van der Waals surface area contributed by atoms with Crippen molar-refractivity contribution in [2.24, 2.45) is 5.92 Å². The van der Waals surface area contributed by atoms with Gasteiger partial charge in [-0.15, -0.1) is 0 Å². The summed E-state index contributed by atoms with van der Waals surface area (Å²) < 4.78 is 24.1. The van der Waals surface area contributed by atoms with Gasteiger partial charge in [0.25, 0.3) is 5.91 Å². The van der Waals surface area contributed by atoms with Crippen molar-refractivity contribution < 1.29 is 23.8 Å². The van der Waals surface area contributed by atoms with E-state index in [4.69, 9.17) is 9.47 Å². The fraction of sp³-hybridized carbons (Fsp3) is 0.611. The van der Waals surface area contributed by atoms with E-state index >= 15 is 0 Å². The topological polar surface area (TPSA) is 71.0 Å². The highest BCUT2D eigenvalue weighted by atomic mass is 19.1. The third-order valence-electron chi connectivity index (χ3n) is 5.14. The molecule has 2 fully saturated rings. The maximum atomic E-state index is 13.8. The monoisotopic (exact) mass is 352 g/mol. The van der Waals surface area contributed by atoms with Gasteiger partial charge in [0.1, 0.15) is 0 Å². The van der Waals surface area contributed by atoms with Crippen molar-refractivity contribution in [2.75, 3.05) is 40.0 Å². The predicted molar refractivity (Wildman–Crippen MR) is 90.2 cm³/mol. The van der Waals surface area contributed by atoms with E-state index in [9.17, 15) is 14.3 Å². The van der Waals surface area contributed by atoms with E-state index in [-0.39, 0.29) is 35.8 Å². The average molecular weight is 352 g/mol. The molecular formula is C18H25FN2O4. The number of ether oxygens (including phenoxy) is 2. The van der Waals surface area contributed by atoms with Crippen LogP contribution in [0.3, 0.4) is 0 Å². The third kappa shape index (κ3) is 4.11. The van der Waals surface area contributed by atoms with E-state index < -0.39 is 5.82 Å². The molecule has 7 heteroatoms. The lowest BCUT2D eigenvalue weighted by atomic mass is 10.0. The molecule has 2 heterocycles. The van der Waals surface area contributed by atoms with Crippen LogP contribution in [0.1, 0.15) is 23.2 Å². The van der Waals surface area contributed by atoms with Gasteiger partial charge in [-0.1, -0.05) is 0 Å². The van der Waals surface area contributed by atoms with Gasteiger partial charge >= 0.3 is 0 Å². The van der Waals surface area contributed by atoms with E-state index in [0.717, 1.165) is 32.6 Å². The Hall–Kier alpha value is -1.70. The number of likely N-dealkylation sites (tertiary alicyclic amines) is 1. The summed E-state index contributed by atoms with van der Waals surface area (Å²) in [5, 5.41) is 12.6. The molecule has 0 unspecified atom stereocenters. The minimum atomic E-state index is -0.566. The summed E-state index contributed by atoms with van der Waals surface area (Å²) in [6.07, 6.45) is 1.95. The Bertz CT molecular complexity index is 607. The molecule has 0 radical (unpaired) electrons. The number of amides is 1. The molecule has 6 nitrogen and oxygen atoms in total. The number of halogens is 1. The summed E-state index contributed by atoms with van der Waals surface area (Å²) in [5.41, 5.74) is 0.250. The van der Waals surface area contributed by atoms with E-state index in [1.165, 1.54) is 25.3 Å². The molecule has 0 bridgehead atoms. The molecule has 0 aliphatic carbocycles. The van der Waals surface area contributed by atoms with Gasteiger partial charge in [-0.3, -0.25) is 9.69 Å². The number of rotatable bonds is 5. The van der Waals surface area contributed by atoms with Gasteiger partial charge in [0.05, 0.1) is 7.11 Å². The molecule has 0 spiro atoms. The Labute approximate surface area is 146 Å². The average Bonchev–Trinajstić information content (AvgIpc) is 3.05. The Morgan fingerprint density at radius 3 is 2.80 bits per heavy atom. The summed E-state index contributed by atoms with van der Waals surface area (Å²) in [7, 11) is 1.38. The number of carbonyl (C=O) groups is 1. The van der Waals surface area contributed by atoms with Gasteiger partial charge in [0.2, 0.25) is 0 Å². The van der Waals surface area contributed by atoms with Crippen LogP contribution in [0.2, 0.25) is 0 Å². The van der Waals surface area contributed by atoms with Crippen LogP contribution in [0.4, 0.5) is 4.39 Å². The molecule has 1 amide bonds. The smallest absolute Gasteiger partial charge is 0.251 e. The van der Waals surface area contributed by atoms with Crippen LogP contribution in [-0.2, 0) is 4.74 Å². The van der Waals surface area contributed by atoms with Gasteiger partial charge in [0.15, 0.2) is 11.6 Å². The molecule has 0 aromatic heterocycles. The summed E-state index contributed by atoms with van der Waals surface area (Å²) in [6, 6.07) is 4.44. The SMILES string of the molecule is COc1ccc(C(=O)N[C@@H]2CN(C3CCOCC3)C[C@H]2CO)cc1F.